The monoisotopic (exact) mass is 331 g/mol. The first kappa shape index (κ1) is 15.1. The zero-order chi connectivity index (χ0) is 17.4. The van der Waals surface area contributed by atoms with Crippen molar-refractivity contribution in [2.75, 3.05) is 5.32 Å². The van der Waals surface area contributed by atoms with Gasteiger partial charge in [-0.05, 0) is 43.3 Å². The molecule has 25 heavy (non-hydrogen) atoms. The molecule has 0 aliphatic carbocycles. The molecule has 0 spiro atoms. The molecule has 0 bridgehead atoms. The van der Waals surface area contributed by atoms with Crippen LogP contribution in [-0.2, 0) is 6.54 Å². The largest absolute Gasteiger partial charge is 0.364 e. The molecule has 0 unspecified atom stereocenters. The highest BCUT2D eigenvalue weighted by molar-refractivity contribution is 6.09. The Morgan fingerprint density at radius 2 is 1.84 bits per heavy atom. The Balaban J connectivity index is 1.76. The van der Waals surface area contributed by atoms with E-state index >= 15 is 0 Å². The fourth-order valence-electron chi connectivity index (χ4n) is 3.15. The average Bonchev–Trinajstić information content (AvgIpc) is 2.95. The van der Waals surface area contributed by atoms with Crippen LogP contribution in [0.3, 0.4) is 0 Å². The second kappa shape index (κ2) is 5.90. The van der Waals surface area contributed by atoms with E-state index in [2.05, 4.69) is 63.4 Å². The Morgan fingerprint density at radius 3 is 2.56 bits per heavy atom. The van der Waals surface area contributed by atoms with Crippen LogP contribution < -0.4 is 11.1 Å². The van der Waals surface area contributed by atoms with E-state index in [-0.39, 0.29) is 5.69 Å². The predicted octanol–water partition coefficient (Wildman–Crippen LogP) is 3.45. The van der Waals surface area contributed by atoms with Crippen molar-refractivity contribution in [2.45, 2.75) is 13.5 Å². The summed E-state index contributed by atoms with van der Waals surface area (Å²) in [5.41, 5.74) is 8.66. The van der Waals surface area contributed by atoms with Gasteiger partial charge in [0.25, 0.3) is 5.91 Å². The van der Waals surface area contributed by atoms with Crippen LogP contribution in [0.4, 0.5) is 11.5 Å². The van der Waals surface area contributed by atoms with E-state index in [1.807, 2.05) is 6.07 Å². The van der Waals surface area contributed by atoms with E-state index in [0.29, 0.717) is 5.82 Å². The SMILES string of the molecule is CCn1c2ccccc2c2cc(Nc3ccc(C(N)=O)nn3)ccc21. The van der Waals surface area contributed by atoms with Gasteiger partial charge in [0.15, 0.2) is 11.5 Å². The molecule has 1 amide bonds. The molecule has 2 aromatic heterocycles. The quantitative estimate of drug-likeness (QED) is 0.600. The minimum atomic E-state index is -0.590. The lowest BCUT2D eigenvalue weighted by molar-refractivity contribution is 0.0994. The van der Waals surface area contributed by atoms with Crippen LogP contribution in [-0.4, -0.2) is 20.7 Å². The molecule has 124 valence electrons. The van der Waals surface area contributed by atoms with Crippen LogP contribution in [0.1, 0.15) is 17.4 Å². The van der Waals surface area contributed by atoms with Crippen LogP contribution in [0, 0.1) is 0 Å². The highest BCUT2D eigenvalue weighted by atomic mass is 16.1. The van der Waals surface area contributed by atoms with Gasteiger partial charge < -0.3 is 15.6 Å². The first-order valence-electron chi connectivity index (χ1n) is 8.09. The minimum absolute atomic E-state index is 0.145. The third-order valence-electron chi connectivity index (χ3n) is 4.28. The summed E-state index contributed by atoms with van der Waals surface area (Å²) in [4.78, 5) is 11.1. The lowest BCUT2D eigenvalue weighted by Crippen LogP contribution is -2.13. The average molecular weight is 331 g/mol. The highest BCUT2D eigenvalue weighted by Crippen LogP contribution is 2.31. The first-order valence-corrected chi connectivity index (χ1v) is 8.09. The Morgan fingerprint density at radius 1 is 1.04 bits per heavy atom. The number of nitrogens with zero attached hydrogens (tertiary/aromatic N) is 3. The van der Waals surface area contributed by atoms with Gasteiger partial charge in [-0.2, -0.15) is 0 Å². The van der Waals surface area contributed by atoms with Gasteiger partial charge in [0.2, 0.25) is 0 Å². The van der Waals surface area contributed by atoms with Crippen LogP contribution in [0.2, 0.25) is 0 Å². The number of carbonyl (C=O) groups is 1. The fraction of sp³-hybridized carbons (Fsp3) is 0.105. The number of fused-ring (bicyclic) bond motifs is 3. The summed E-state index contributed by atoms with van der Waals surface area (Å²) in [5, 5.41) is 13.4. The normalized spacial score (nSPS) is 11.1. The molecule has 4 aromatic rings. The zero-order valence-electron chi connectivity index (χ0n) is 13.7. The number of aryl methyl sites for hydroxylation is 1. The van der Waals surface area contributed by atoms with Crippen molar-refractivity contribution in [3.8, 4) is 0 Å². The number of para-hydroxylation sites is 1. The van der Waals surface area contributed by atoms with Gasteiger partial charge in [-0.3, -0.25) is 4.79 Å². The standard InChI is InChI=1S/C19H17N5O/c1-2-24-16-6-4-3-5-13(16)14-11-12(7-9-17(14)24)21-18-10-8-15(19(20)25)22-23-18/h3-11H,2H2,1H3,(H2,20,25)(H,21,23). The molecule has 0 atom stereocenters. The number of rotatable bonds is 4. The van der Waals surface area contributed by atoms with E-state index in [1.54, 1.807) is 12.1 Å². The maximum atomic E-state index is 11.1. The number of nitrogens with two attached hydrogens (primary N) is 1. The predicted molar refractivity (Wildman–Crippen MR) is 99.0 cm³/mol. The number of anilines is 2. The van der Waals surface area contributed by atoms with E-state index < -0.39 is 5.91 Å². The number of nitrogens with one attached hydrogen (secondary N) is 1. The molecule has 2 heterocycles. The summed E-state index contributed by atoms with van der Waals surface area (Å²) >= 11 is 0. The number of hydrogen-bond donors (Lipinski definition) is 2. The van der Waals surface area contributed by atoms with Gasteiger partial charge in [-0.15, -0.1) is 10.2 Å². The fourth-order valence-corrected chi connectivity index (χ4v) is 3.15. The van der Waals surface area contributed by atoms with Crippen molar-refractivity contribution < 1.29 is 4.79 Å². The Hall–Kier alpha value is -3.41. The third-order valence-corrected chi connectivity index (χ3v) is 4.28. The van der Waals surface area contributed by atoms with Gasteiger partial charge in [-0.25, -0.2) is 0 Å². The maximum Gasteiger partial charge on any atom is 0.269 e. The van der Waals surface area contributed by atoms with Crippen molar-refractivity contribution in [1.82, 2.24) is 14.8 Å². The number of carbonyl (C=O) groups excluding carboxylic acids is 1. The molecule has 0 radical (unpaired) electrons. The topological polar surface area (TPSA) is 85.8 Å². The molecule has 0 saturated heterocycles. The van der Waals surface area contributed by atoms with Crippen molar-refractivity contribution in [2.24, 2.45) is 5.73 Å². The number of amides is 1. The molecule has 3 N–H and O–H groups in total. The van der Waals surface area contributed by atoms with Crippen molar-refractivity contribution in [3.05, 3.63) is 60.3 Å². The van der Waals surface area contributed by atoms with Crippen molar-refractivity contribution >= 4 is 39.2 Å². The summed E-state index contributed by atoms with van der Waals surface area (Å²) in [7, 11) is 0. The molecule has 6 nitrogen and oxygen atoms in total. The number of hydrogen-bond acceptors (Lipinski definition) is 4. The molecule has 4 rings (SSSR count). The van der Waals surface area contributed by atoms with Crippen LogP contribution in [0.25, 0.3) is 21.8 Å². The van der Waals surface area contributed by atoms with Crippen LogP contribution >= 0.6 is 0 Å². The van der Waals surface area contributed by atoms with Gasteiger partial charge in [0.1, 0.15) is 0 Å². The maximum absolute atomic E-state index is 11.1. The second-order valence-corrected chi connectivity index (χ2v) is 5.79. The van der Waals surface area contributed by atoms with Gasteiger partial charge in [0, 0.05) is 34.0 Å². The molecule has 0 fully saturated rings. The number of benzene rings is 2. The second-order valence-electron chi connectivity index (χ2n) is 5.79. The van der Waals surface area contributed by atoms with Crippen molar-refractivity contribution in [3.63, 3.8) is 0 Å². The molecular formula is C19H17N5O. The first-order chi connectivity index (χ1) is 12.2. The molecule has 0 saturated carbocycles. The molecular weight excluding hydrogens is 314 g/mol. The summed E-state index contributed by atoms with van der Waals surface area (Å²) in [6.07, 6.45) is 0. The smallest absolute Gasteiger partial charge is 0.269 e. The van der Waals surface area contributed by atoms with E-state index in [4.69, 9.17) is 5.73 Å². The summed E-state index contributed by atoms with van der Waals surface area (Å²) in [6.45, 7) is 3.06. The Labute approximate surface area is 144 Å². The molecule has 6 heteroatoms. The third kappa shape index (κ3) is 2.57. The van der Waals surface area contributed by atoms with Gasteiger partial charge in [0.05, 0.1) is 0 Å². The summed E-state index contributed by atoms with van der Waals surface area (Å²) in [6, 6.07) is 17.8. The van der Waals surface area contributed by atoms with Gasteiger partial charge in [-0.1, -0.05) is 18.2 Å². The van der Waals surface area contributed by atoms with Crippen LogP contribution in [0.15, 0.2) is 54.6 Å². The molecule has 2 aromatic carbocycles. The number of primary amides is 1. The lowest BCUT2D eigenvalue weighted by Gasteiger charge is -2.06. The van der Waals surface area contributed by atoms with E-state index in [0.717, 1.165) is 12.2 Å². The Bertz CT molecular complexity index is 1080. The van der Waals surface area contributed by atoms with Gasteiger partial charge >= 0.3 is 0 Å². The Kier molecular flexibility index (Phi) is 3.57. The highest BCUT2D eigenvalue weighted by Gasteiger charge is 2.10. The van der Waals surface area contributed by atoms with E-state index in [1.165, 1.54) is 21.8 Å². The van der Waals surface area contributed by atoms with E-state index in [9.17, 15) is 4.79 Å². The summed E-state index contributed by atoms with van der Waals surface area (Å²) in [5.74, 6) is -0.0311. The molecule has 0 aliphatic heterocycles. The molecule has 0 aliphatic rings. The zero-order valence-corrected chi connectivity index (χ0v) is 13.7. The lowest BCUT2D eigenvalue weighted by atomic mass is 10.1. The van der Waals surface area contributed by atoms with Crippen LogP contribution in [0.5, 0.6) is 0 Å². The van der Waals surface area contributed by atoms with Crippen molar-refractivity contribution in [1.29, 1.82) is 0 Å². The minimum Gasteiger partial charge on any atom is -0.364 e. The summed E-state index contributed by atoms with van der Waals surface area (Å²) < 4.78 is 2.30. The number of aromatic nitrogens is 3.